The van der Waals surface area contributed by atoms with Gasteiger partial charge in [0, 0.05) is 6.42 Å². The lowest BCUT2D eigenvalue weighted by molar-refractivity contribution is -0.138. The topological polar surface area (TPSA) is 74.7 Å². The van der Waals surface area contributed by atoms with Gasteiger partial charge in [-0.05, 0) is 24.6 Å². The number of amides is 1. The number of hydrogen-bond acceptors (Lipinski definition) is 3. The Bertz CT molecular complexity index is 639. The summed E-state index contributed by atoms with van der Waals surface area (Å²) in [5.74, 6) is -2.37. The van der Waals surface area contributed by atoms with Gasteiger partial charge in [-0.1, -0.05) is 29.8 Å². The normalized spacial score (nSPS) is 16.8. The number of carboxylic acids is 1. The van der Waals surface area contributed by atoms with Crippen molar-refractivity contribution in [3.8, 4) is 0 Å². The first kappa shape index (κ1) is 15.3. The Morgan fingerprint density at radius 2 is 2.10 bits per heavy atom. The first-order chi connectivity index (χ1) is 9.91. The Hall–Kier alpha value is -2.14. The molecule has 2 rings (SSSR count). The van der Waals surface area contributed by atoms with Gasteiger partial charge in [0.25, 0.3) is 0 Å². The minimum absolute atomic E-state index is 0.0812. The average Bonchev–Trinajstić information content (AvgIpc) is 2.59. The summed E-state index contributed by atoms with van der Waals surface area (Å²) in [6.07, 6.45) is 2.94. The molecule has 1 aliphatic rings. The predicted octanol–water partition coefficient (Wildman–Crippen LogP) is 2.39. The highest BCUT2D eigenvalue weighted by Gasteiger charge is 2.27. The summed E-state index contributed by atoms with van der Waals surface area (Å²) in [7, 11) is 0. The van der Waals surface area contributed by atoms with E-state index < -0.39 is 11.9 Å². The van der Waals surface area contributed by atoms with E-state index in [9.17, 15) is 19.5 Å². The zero-order chi connectivity index (χ0) is 15.6. The first-order valence-electron chi connectivity index (χ1n) is 6.42. The molecule has 1 aromatic rings. The summed E-state index contributed by atoms with van der Waals surface area (Å²) in [5, 5.41) is 9.45. The number of carbonyl (C=O) groups is 3. The molecule has 1 unspecified atom stereocenters. The Morgan fingerprint density at radius 1 is 1.38 bits per heavy atom. The number of rotatable bonds is 3. The third-order valence-electron chi connectivity index (χ3n) is 3.34. The number of halogens is 1. The van der Waals surface area contributed by atoms with Crippen molar-refractivity contribution in [1.82, 2.24) is 0 Å². The van der Waals surface area contributed by atoms with Gasteiger partial charge in [0.1, 0.15) is 0 Å². The van der Waals surface area contributed by atoms with Crippen molar-refractivity contribution in [3.05, 3.63) is 40.9 Å². The minimum Gasteiger partial charge on any atom is -0.481 e. The van der Waals surface area contributed by atoms with Crippen LogP contribution in [0.15, 0.2) is 30.4 Å². The van der Waals surface area contributed by atoms with E-state index in [0.717, 1.165) is 0 Å². The number of aliphatic carboxylic acids is 1. The van der Waals surface area contributed by atoms with Crippen molar-refractivity contribution in [3.63, 3.8) is 0 Å². The molecule has 0 fully saturated rings. The van der Waals surface area contributed by atoms with E-state index in [1.165, 1.54) is 24.0 Å². The number of ketones is 1. The van der Waals surface area contributed by atoms with Crippen LogP contribution >= 0.6 is 11.6 Å². The molecule has 1 aromatic carbocycles. The fourth-order valence-corrected chi connectivity index (χ4v) is 2.48. The van der Waals surface area contributed by atoms with E-state index in [1.54, 1.807) is 18.2 Å². The summed E-state index contributed by atoms with van der Waals surface area (Å²) in [6.45, 7) is 1.37. The quantitative estimate of drug-likeness (QED) is 0.930. The van der Waals surface area contributed by atoms with Crippen molar-refractivity contribution in [2.75, 3.05) is 11.4 Å². The fraction of sp³-hybridized carbons (Fsp3) is 0.267. The Labute approximate surface area is 126 Å². The molecule has 0 bridgehead atoms. The van der Waals surface area contributed by atoms with E-state index in [4.69, 9.17) is 11.6 Å². The molecule has 110 valence electrons. The number of para-hydroxylation sites is 1. The molecule has 0 aromatic heterocycles. The summed E-state index contributed by atoms with van der Waals surface area (Å²) >= 11 is 6.16. The van der Waals surface area contributed by atoms with Gasteiger partial charge in [-0.2, -0.15) is 0 Å². The SMILES string of the molecule is CC(C(=O)O)c1cccc(Cl)c1N1CC(=O)C=CCC1=O. The summed E-state index contributed by atoms with van der Waals surface area (Å²) in [6, 6.07) is 4.81. The number of nitrogens with zero attached hydrogens (tertiary/aromatic N) is 1. The van der Waals surface area contributed by atoms with Crippen LogP contribution in [0.25, 0.3) is 0 Å². The van der Waals surface area contributed by atoms with Gasteiger partial charge in [-0.25, -0.2) is 0 Å². The molecule has 1 heterocycles. The molecule has 1 atom stereocenters. The smallest absolute Gasteiger partial charge is 0.310 e. The van der Waals surface area contributed by atoms with Crippen molar-refractivity contribution >= 4 is 34.9 Å². The molecule has 5 nitrogen and oxygen atoms in total. The standard InChI is InChI=1S/C15H14ClNO4/c1-9(15(20)21)11-5-3-6-12(16)14(11)17-8-10(18)4-2-7-13(17)19/h2-6,9H,7-8H2,1H3,(H,20,21). The van der Waals surface area contributed by atoms with Crippen molar-refractivity contribution in [1.29, 1.82) is 0 Å². The lowest BCUT2D eigenvalue weighted by Crippen LogP contribution is -2.35. The van der Waals surface area contributed by atoms with Gasteiger partial charge in [0.2, 0.25) is 5.91 Å². The van der Waals surface area contributed by atoms with Crippen LogP contribution in [0.2, 0.25) is 5.02 Å². The molecular formula is C15H14ClNO4. The molecule has 1 amide bonds. The molecule has 0 radical (unpaired) electrons. The van der Waals surface area contributed by atoms with Gasteiger partial charge in [0.05, 0.1) is 23.2 Å². The zero-order valence-corrected chi connectivity index (χ0v) is 12.1. The molecule has 0 spiro atoms. The summed E-state index contributed by atoms with van der Waals surface area (Å²) in [5.41, 5.74) is 0.717. The van der Waals surface area contributed by atoms with Crippen LogP contribution in [0.4, 0.5) is 5.69 Å². The summed E-state index contributed by atoms with van der Waals surface area (Å²) < 4.78 is 0. The van der Waals surface area contributed by atoms with Crippen LogP contribution in [0, 0.1) is 0 Å². The van der Waals surface area contributed by atoms with Gasteiger partial charge in [0.15, 0.2) is 5.78 Å². The second kappa shape index (κ2) is 6.10. The number of anilines is 1. The summed E-state index contributed by atoms with van der Waals surface area (Å²) in [4.78, 5) is 36.4. The van der Waals surface area contributed by atoms with Crippen LogP contribution in [0.5, 0.6) is 0 Å². The maximum Gasteiger partial charge on any atom is 0.310 e. The third-order valence-corrected chi connectivity index (χ3v) is 3.64. The highest BCUT2D eigenvalue weighted by Crippen LogP contribution is 2.35. The van der Waals surface area contributed by atoms with Crippen LogP contribution in [-0.4, -0.2) is 29.3 Å². The van der Waals surface area contributed by atoms with Gasteiger partial charge >= 0.3 is 5.97 Å². The maximum absolute atomic E-state index is 12.2. The molecule has 21 heavy (non-hydrogen) atoms. The van der Waals surface area contributed by atoms with Gasteiger partial charge in [-0.15, -0.1) is 0 Å². The van der Waals surface area contributed by atoms with Crippen molar-refractivity contribution in [2.24, 2.45) is 0 Å². The van der Waals surface area contributed by atoms with E-state index in [2.05, 4.69) is 0 Å². The lowest BCUT2D eigenvalue weighted by Gasteiger charge is -2.25. The molecule has 0 saturated heterocycles. The third kappa shape index (κ3) is 3.13. The van der Waals surface area contributed by atoms with Crippen molar-refractivity contribution in [2.45, 2.75) is 19.3 Å². The molecule has 0 saturated carbocycles. The monoisotopic (exact) mass is 307 g/mol. The van der Waals surface area contributed by atoms with Crippen LogP contribution in [-0.2, 0) is 14.4 Å². The second-order valence-electron chi connectivity index (χ2n) is 4.79. The predicted molar refractivity (Wildman–Crippen MR) is 78.6 cm³/mol. The highest BCUT2D eigenvalue weighted by atomic mass is 35.5. The zero-order valence-electron chi connectivity index (χ0n) is 11.4. The molecule has 1 N–H and O–H groups in total. The second-order valence-corrected chi connectivity index (χ2v) is 5.20. The average molecular weight is 308 g/mol. The Morgan fingerprint density at radius 3 is 2.76 bits per heavy atom. The highest BCUT2D eigenvalue weighted by molar-refractivity contribution is 6.34. The Balaban J connectivity index is 2.54. The maximum atomic E-state index is 12.2. The van der Waals surface area contributed by atoms with E-state index in [1.807, 2.05) is 0 Å². The van der Waals surface area contributed by atoms with E-state index in [-0.39, 0.29) is 29.7 Å². The lowest BCUT2D eigenvalue weighted by atomic mass is 9.98. The first-order valence-corrected chi connectivity index (χ1v) is 6.80. The van der Waals surface area contributed by atoms with E-state index >= 15 is 0 Å². The van der Waals surface area contributed by atoms with Crippen LogP contribution < -0.4 is 4.90 Å². The largest absolute Gasteiger partial charge is 0.481 e. The molecule has 0 aliphatic carbocycles. The molecule has 1 aliphatic heterocycles. The number of benzene rings is 1. The van der Waals surface area contributed by atoms with Gasteiger partial charge in [-0.3, -0.25) is 14.4 Å². The van der Waals surface area contributed by atoms with Crippen LogP contribution in [0.1, 0.15) is 24.8 Å². The van der Waals surface area contributed by atoms with E-state index in [0.29, 0.717) is 11.3 Å². The van der Waals surface area contributed by atoms with Crippen molar-refractivity contribution < 1.29 is 19.5 Å². The molecule has 6 heteroatoms. The minimum atomic E-state index is -1.02. The van der Waals surface area contributed by atoms with Gasteiger partial charge < -0.3 is 10.0 Å². The number of carboxylic acid groups (broad SMARTS) is 1. The number of carbonyl (C=O) groups excluding carboxylic acids is 2. The number of hydrogen-bond donors (Lipinski definition) is 1. The molecular weight excluding hydrogens is 294 g/mol. The Kier molecular flexibility index (Phi) is 4.43. The van der Waals surface area contributed by atoms with Crippen LogP contribution in [0.3, 0.4) is 0 Å². The fourth-order valence-electron chi connectivity index (χ4n) is 2.20.